The maximum atomic E-state index is 9.29. The summed E-state index contributed by atoms with van der Waals surface area (Å²) in [6, 6.07) is 7.11. The third kappa shape index (κ3) is 2.96. The van der Waals surface area contributed by atoms with Crippen molar-refractivity contribution in [1.29, 1.82) is 0 Å². The number of nitrogens with zero attached hydrogens (tertiary/aromatic N) is 2. The normalized spacial score (nSPS) is 16.6. The quantitative estimate of drug-likeness (QED) is 0.885. The van der Waals surface area contributed by atoms with Crippen molar-refractivity contribution in [2.24, 2.45) is 5.92 Å². The van der Waals surface area contributed by atoms with Crippen molar-refractivity contribution in [2.75, 3.05) is 13.1 Å². The van der Waals surface area contributed by atoms with E-state index in [-0.39, 0.29) is 5.75 Å². The lowest BCUT2D eigenvalue weighted by Crippen LogP contribution is -2.28. The summed E-state index contributed by atoms with van der Waals surface area (Å²) in [5, 5.41) is 17.1. The zero-order valence-electron chi connectivity index (χ0n) is 10.9. The maximum absolute atomic E-state index is 9.29. The molecule has 2 N–H and O–H groups in total. The number of hydrogen-bond acceptors (Lipinski definition) is 3. The standard InChI is InChI=1S/C15H19N3O/c19-15-3-1-14(2-4-15)18-11-13(10-17-18)9-12-5-7-16-8-6-12/h1-4,10-12,16,19H,5-9H2. The summed E-state index contributed by atoms with van der Waals surface area (Å²) in [5.74, 6) is 1.06. The molecule has 0 bridgehead atoms. The number of rotatable bonds is 3. The van der Waals surface area contributed by atoms with Gasteiger partial charge in [-0.25, -0.2) is 4.68 Å². The minimum absolute atomic E-state index is 0.283. The Bertz CT molecular complexity index is 527. The fraction of sp³-hybridized carbons (Fsp3) is 0.400. The van der Waals surface area contributed by atoms with E-state index in [4.69, 9.17) is 0 Å². The van der Waals surface area contributed by atoms with E-state index >= 15 is 0 Å². The van der Waals surface area contributed by atoms with E-state index in [1.807, 2.05) is 23.0 Å². The Hall–Kier alpha value is -1.81. The number of aromatic hydroxyl groups is 1. The average Bonchev–Trinajstić information content (AvgIpc) is 2.89. The fourth-order valence-corrected chi connectivity index (χ4v) is 2.63. The van der Waals surface area contributed by atoms with Crippen LogP contribution in [0.1, 0.15) is 18.4 Å². The summed E-state index contributed by atoms with van der Waals surface area (Å²) < 4.78 is 1.87. The molecule has 0 radical (unpaired) electrons. The van der Waals surface area contributed by atoms with Gasteiger partial charge in [0.1, 0.15) is 5.75 Å². The lowest BCUT2D eigenvalue weighted by molar-refractivity contribution is 0.372. The van der Waals surface area contributed by atoms with Crippen molar-refractivity contribution in [3.8, 4) is 11.4 Å². The molecule has 1 saturated heterocycles. The van der Waals surface area contributed by atoms with Crippen LogP contribution in [0.15, 0.2) is 36.7 Å². The number of aromatic nitrogens is 2. The van der Waals surface area contributed by atoms with Crippen molar-refractivity contribution < 1.29 is 5.11 Å². The van der Waals surface area contributed by atoms with Crippen LogP contribution in [0.5, 0.6) is 5.75 Å². The van der Waals surface area contributed by atoms with Gasteiger partial charge in [-0.2, -0.15) is 5.10 Å². The van der Waals surface area contributed by atoms with Crippen LogP contribution >= 0.6 is 0 Å². The number of nitrogens with one attached hydrogen (secondary N) is 1. The zero-order chi connectivity index (χ0) is 13.1. The van der Waals surface area contributed by atoms with Crippen LogP contribution in [0.2, 0.25) is 0 Å². The molecule has 1 aromatic heterocycles. The Morgan fingerprint density at radius 2 is 1.95 bits per heavy atom. The highest BCUT2D eigenvalue weighted by Crippen LogP contribution is 2.19. The van der Waals surface area contributed by atoms with Crippen molar-refractivity contribution in [1.82, 2.24) is 15.1 Å². The molecule has 1 fully saturated rings. The van der Waals surface area contributed by atoms with Gasteiger partial charge < -0.3 is 10.4 Å². The molecule has 100 valence electrons. The number of hydrogen-bond donors (Lipinski definition) is 2. The van der Waals surface area contributed by atoms with Gasteiger partial charge >= 0.3 is 0 Å². The molecular weight excluding hydrogens is 238 g/mol. The lowest BCUT2D eigenvalue weighted by Gasteiger charge is -2.21. The molecule has 0 unspecified atom stereocenters. The zero-order valence-corrected chi connectivity index (χ0v) is 10.9. The van der Waals surface area contributed by atoms with Crippen LogP contribution in [0.4, 0.5) is 0 Å². The predicted molar refractivity (Wildman–Crippen MR) is 74.5 cm³/mol. The second kappa shape index (κ2) is 5.45. The van der Waals surface area contributed by atoms with E-state index in [1.165, 1.54) is 18.4 Å². The first kappa shape index (κ1) is 12.2. The molecule has 3 rings (SSSR count). The van der Waals surface area contributed by atoms with Crippen LogP contribution in [-0.2, 0) is 6.42 Å². The van der Waals surface area contributed by atoms with Gasteiger partial charge in [-0.15, -0.1) is 0 Å². The van der Waals surface area contributed by atoms with Crippen LogP contribution in [0, 0.1) is 5.92 Å². The monoisotopic (exact) mass is 257 g/mol. The van der Waals surface area contributed by atoms with Crippen LogP contribution in [0.3, 0.4) is 0 Å². The molecule has 0 aliphatic carbocycles. The van der Waals surface area contributed by atoms with Gasteiger partial charge in [-0.1, -0.05) is 0 Å². The van der Waals surface area contributed by atoms with Gasteiger partial charge in [-0.05, 0) is 68.1 Å². The van der Waals surface area contributed by atoms with Gasteiger partial charge in [0.25, 0.3) is 0 Å². The first-order valence-corrected chi connectivity index (χ1v) is 6.85. The highest BCUT2D eigenvalue weighted by molar-refractivity contribution is 5.36. The van der Waals surface area contributed by atoms with E-state index in [2.05, 4.69) is 16.6 Å². The summed E-state index contributed by atoms with van der Waals surface area (Å²) in [7, 11) is 0. The number of benzene rings is 1. The number of phenols is 1. The molecule has 0 saturated carbocycles. The van der Waals surface area contributed by atoms with Crippen molar-refractivity contribution >= 4 is 0 Å². The Morgan fingerprint density at radius 1 is 1.21 bits per heavy atom. The minimum Gasteiger partial charge on any atom is -0.508 e. The molecule has 4 heteroatoms. The summed E-state index contributed by atoms with van der Waals surface area (Å²) in [6.45, 7) is 2.27. The van der Waals surface area contributed by atoms with E-state index in [0.29, 0.717) is 0 Å². The van der Waals surface area contributed by atoms with Gasteiger partial charge in [0.05, 0.1) is 11.9 Å². The minimum atomic E-state index is 0.283. The molecule has 2 aromatic rings. The lowest BCUT2D eigenvalue weighted by atomic mass is 9.92. The molecule has 0 spiro atoms. The molecule has 0 atom stereocenters. The smallest absolute Gasteiger partial charge is 0.115 e. The van der Waals surface area contributed by atoms with Gasteiger partial charge in [0, 0.05) is 6.20 Å². The van der Waals surface area contributed by atoms with Crippen LogP contribution < -0.4 is 5.32 Å². The molecular formula is C15H19N3O. The average molecular weight is 257 g/mol. The molecule has 1 aliphatic heterocycles. The topological polar surface area (TPSA) is 50.1 Å². The second-order valence-corrected chi connectivity index (χ2v) is 5.21. The summed E-state index contributed by atoms with van der Waals surface area (Å²) in [5.41, 5.74) is 2.27. The third-order valence-corrected chi connectivity index (χ3v) is 3.73. The first-order chi connectivity index (χ1) is 9.31. The van der Waals surface area contributed by atoms with E-state index in [1.54, 1.807) is 12.1 Å². The van der Waals surface area contributed by atoms with Crippen molar-refractivity contribution in [3.63, 3.8) is 0 Å². The molecule has 2 heterocycles. The van der Waals surface area contributed by atoms with Crippen molar-refractivity contribution in [3.05, 3.63) is 42.2 Å². The van der Waals surface area contributed by atoms with Crippen LogP contribution in [0.25, 0.3) is 5.69 Å². The van der Waals surface area contributed by atoms with Gasteiger partial charge in [0.2, 0.25) is 0 Å². The Labute approximate surface area is 113 Å². The Kier molecular flexibility index (Phi) is 3.51. The number of piperidine rings is 1. The molecule has 1 aliphatic rings. The number of phenolic OH excluding ortho intramolecular Hbond substituents is 1. The van der Waals surface area contributed by atoms with E-state index in [9.17, 15) is 5.11 Å². The predicted octanol–water partition coefficient (Wildman–Crippen LogP) is 2.12. The summed E-state index contributed by atoms with van der Waals surface area (Å²) in [4.78, 5) is 0. The maximum Gasteiger partial charge on any atom is 0.115 e. The van der Waals surface area contributed by atoms with Crippen LogP contribution in [-0.4, -0.2) is 28.0 Å². The highest BCUT2D eigenvalue weighted by Gasteiger charge is 2.14. The SMILES string of the molecule is Oc1ccc(-n2cc(CC3CCNCC3)cn2)cc1. The molecule has 19 heavy (non-hydrogen) atoms. The molecule has 4 nitrogen and oxygen atoms in total. The highest BCUT2D eigenvalue weighted by atomic mass is 16.3. The Morgan fingerprint density at radius 3 is 2.68 bits per heavy atom. The fourth-order valence-electron chi connectivity index (χ4n) is 2.63. The van der Waals surface area contributed by atoms with E-state index in [0.717, 1.165) is 31.1 Å². The third-order valence-electron chi connectivity index (χ3n) is 3.73. The summed E-state index contributed by atoms with van der Waals surface area (Å²) >= 11 is 0. The Balaban J connectivity index is 1.70. The van der Waals surface area contributed by atoms with Gasteiger partial charge in [-0.3, -0.25) is 0 Å². The summed E-state index contributed by atoms with van der Waals surface area (Å²) in [6.07, 6.45) is 7.66. The van der Waals surface area contributed by atoms with E-state index < -0.39 is 0 Å². The first-order valence-electron chi connectivity index (χ1n) is 6.85. The van der Waals surface area contributed by atoms with Gasteiger partial charge in [0.15, 0.2) is 0 Å². The molecule has 1 aromatic carbocycles. The largest absolute Gasteiger partial charge is 0.508 e. The molecule has 0 amide bonds. The second-order valence-electron chi connectivity index (χ2n) is 5.21. The van der Waals surface area contributed by atoms with Crippen molar-refractivity contribution in [2.45, 2.75) is 19.3 Å².